The standard InChI is InChI=1S/C49H57N5O8S2/c1-5-53(33-36-13-9-7-10-14-36)63(58,59)40-20-18-39(19-21-40)48(49(56)57)42-31-38(17-24-46(42)64(60,61)54(6-2)34-37-15-11-8-12-16-37)32-47(55)52-26-25-41-43(35-52)44(22-23-45(41)62-4)51-29-27-50(3)28-30-51/h7-24,31,48H,5-6,25-30,32-35H2,1-4H3,(H,56,57). The van der Waals surface area contributed by atoms with Gasteiger partial charge >= 0.3 is 5.97 Å². The Morgan fingerprint density at radius 1 is 0.703 bits per heavy atom. The van der Waals surface area contributed by atoms with E-state index in [0.717, 1.165) is 59.9 Å². The number of methoxy groups -OCH3 is 1. The summed E-state index contributed by atoms with van der Waals surface area (Å²) in [6, 6.07) is 32.5. The van der Waals surface area contributed by atoms with Gasteiger partial charge in [0.2, 0.25) is 26.0 Å². The van der Waals surface area contributed by atoms with Crippen LogP contribution in [0.15, 0.2) is 125 Å². The number of hydrogen-bond acceptors (Lipinski definition) is 9. The molecule has 0 bridgehead atoms. The number of carbonyl (C=O) groups is 2. The van der Waals surface area contributed by atoms with Gasteiger partial charge in [-0.1, -0.05) is 98.8 Å². The lowest BCUT2D eigenvalue weighted by Gasteiger charge is -2.38. The van der Waals surface area contributed by atoms with Gasteiger partial charge < -0.3 is 24.5 Å². The highest BCUT2D eigenvalue weighted by Crippen LogP contribution is 2.38. The maximum Gasteiger partial charge on any atom is 0.315 e. The summed E-state index contributed by atoms with van der Waals surface area (Å²) in [6.07, 6.45) is 0.493. The number of rotatable bonds is 17. The highest BCUT2D eigenvalue weighted by atomic mass is 32.2. The average Bonchev–Trinajstić information content (AvgIpc) is 3.30. The molecule has 2 aliphatic rings. The van der Waals surface area contributed by atoms with Crippen molar-refractivity contribution in [3.05, 3.63) is 154 Å². The van der Waals surface area contributed by atoms with E-state index < -0.39 is 31.9 Å². The van der Waals surface area contributed by atoms with E-state index in [2.05, 4.69) is 22.9 Å². The zero-order valence-corrected chi connectivity index (χ0v) is 38.5. The fourth-order valence-electron chi connectivity index (χ4n) is 8.71. The molecule has 5 aromatic rings. The van der Waals surface area contributed by atoms with Crippen LogP contribution in [0.5, 0.6) is 5.75 Å². The first-order chi connectivity index (χ1) is 30.7. The molecule has 0 spiro atoms. The zero-order chi connectivity index (χ0) is 45.6. The fourth-order valence-corrected chi connectivity index (χ4v) is 11.8. The van der Waals surface area contributed by atoms with E-state index in [1.54, 1.807) is 31.9 Å². The molecule has 0 aromatic heterocycles. The molecular weight excluding hydrogens is 851 g/mol. The van der Waals surface area contributed by atoms with Crippen molar-refractivity contribution in [1.82, 2.24) is 18.4 Å². The first-order valence-corrected chi connectivity index (χ1v) is 24.6. The molecule has 2 aliphatic heterocycles. The molecule has 0 aliphatic carbocycles. The van der Waals surface area contributed by atoms with Gasteiger partial charge in [-0.2, -0.15) is 8.61 Å². The summed E-state index contributed by atoms with van der Waals surface area (Å²) in [5.41, 5.74) is 5.39. The lowest BCUT2D eigenvalue weighted by atomic mass is 9.89. The van der Waals surface area contributed by atoms with Gasteiger partial charge in [-0.15, -0.1) is 0 Å². The Morgan fingerprint density at radius 3 is 1.86 bits per heavy atom. The van der Waals surface area contributed by atoms with E-state index in [-0.39, 0.29) is 59.4 Å². The van der Waals surface area contributed by atoms with Crippen LogP contribution in [0.4, 0.5) is 5.69 Å². The summed E-state index contributed by atoms with van der Waals surface area (Å²) in [4.78, 5) is 34.0. The number of carboxylic acid groups (broad SMARTS) is 1. The molecule has 1 N–H and O–H groups in total. The van der Waals surface area contributed by atoms with Crippen molar-refractivity contribution in [3.8, 4) is 5.75 Å². The van der Waals surface area contributed by atoms with Crippen LogP contribution in [0.1, 0.15) is 58.7 Å². The van der Waals surface area contributed by atoms with Gasteiger partial charge in [0.15, 0.2) is 0 Å². The molecule has 1 amide bonds. The zero-order valence-electron chi connectivity index (χ0n) is 36.9. The van der Waals surface area contributed by atoms with Crippen LogP contribution < -0.4 is 9.64 Å². The van der Waals surface area contributed by atoms with Crippen molar-refractivity contribution in [2.75, 3.05) is 64.9 Å². The summed E-state index contributed by atoms with van der Waals surface area (Å²) < 4.78 is 65.5. The van der Waals surface area contributed by atoms with Crippen molar-refractivity contribution in [2.45, 2.75) is 62.0 Å². The van der Waals surface area contributed by atoms with Crippen LogP contribution in [0.3, 0.4) is 0 Å². The first kappa shape index (κ1) is 46.4. The number of hydrogen-bond donors (Lipinski definition) is 1. The van der Waals surface area contributed by atoms with E-state index in [9.17, 15) is 31.5 Å². The third-order valence-electron chi connectivity index (χ3n) is 12.3. The summed E-state index contributed by atoms with van der Waals surface area (Å²) in [5.74, 6) is -2.26. The molecule has 1 atom stereocenters. The molecule has 13 nitrogen and oxygen atoms in total. The quantitative estimate of drug-likeness (QED) is 0.114. The Morgan fingerprint density at radius 2 is 1.30 bits per heavy atom. The van der Waals surface area contributed by atoms with Crippen LogP contribution in [-0.2, 0) is 62.1 Å². The Labute approximate surface area is 377 Å². The van der Waals surface area contributed by atoms with Gasteiger partial charge in [-0.25, -0.2) is 16.8 Å². The third-order valence-corrected chi connectivity index (χ3v) is 16.3. The smallest absolute Gasteiger partial charge is 0.315 e. The van der Waals surface area contributed by atoms with Crippen molar-refractivity contribution in [3.63, 3.8) is 0 Å². The number of amides is 1. The Bertz CT molecular complexity index is 2660. The molecule has 1 fully saturated rings. The average molecular weight is 908 g/mol. The summed E-state index contributed by atoms with van der Waals surface area (Å²) in [7, 11) is -4.54. The second kappa shape index (κ2) is 20.1. The number of anilines is 1. The highest BCUT2D eigenvalue weighted by molar-refractivity contribution is 7.89. The number of piperazine rings is 1. The van der Waals surface area contributed by atoms with Gasteiger partial charge in [0.05, 0.1) is 23.3 Å². The molecule has 15 heteroatoms. The normalized spacial score (nSPS) is 15.3. The molecule has 1 saturated heterocycles. The molecule has 1 unspecified atom stereocenters. The Hall–Kier alpha value is -5.58. The molecule has 2 heterocycles. The van der Waals surface area contributed by atoms with Crippen LogP contribution >= 0.6 is 0 Å². The molecule has 7 rings (SSSR count). The SMILES string of the molecule is CCN(Cc1ccccc1)S(=O)(=O)c1ccc(C(C(=O)O)c2cc(CC(=O)N3CCc4c(OC)ccc(N5CCN(C)CC5)c4C3)ccc2S(=O)(=O)N(CC)Cc2ccccc2)cc1. The van der Waals surface area contributed by atoms with Crippen molar-refractivity contribution in [1.29, 1.82) is 0 Å². The van der Waals surface area contributed by atoms with Crippen LogP contribution in [-0.4, -0.2) is 112 Å². The molecule has 0 radical (unpaired) electrons. The predicted octanol–water partition coefficient (Wildman–Crippen LogP) is 6.21. The van der Waals surface area contributed by atoms with E-state index in [4.69, 9.17) is 4.74 Å². The Balaban J connectivity index is 1.23. The Kier molecular flexibility index (Phi) is 14.6. The molecule has 338 valence electrons. The van der Waals surface area contributed by atoms with E-state index in [1.807, 2.05) is 66.7 Å². The van der Waals surface area contributed by atoms with Crippen LogP contribution in [0.2, 0.25) is 0 Å². The minimum Gasteiger partial charge on any atom is -0.496 e. The molecule has 0 saturated carbocycles. The van der Waals surface area contributed by atoms with Gasteiger partial charge in [0, 0.05) is 82.3 Å². The monoisotopic (exact) mass is 907 g/mol. The lowest BCUT2D eigenvalue weighted by Crippen LogP contribution is -2.45. The minimum atomic E-state index is -4.31. The summed E-state index contributed by atoms with van der Waals surface area (Å²) in [6.45, 7) is 8.37. The number of sulfonamides is 2. The van der Waals surface area contributed by atoms with Gasteiger partial charge in [-0.05, 0) is 71.6 Å². The number of carboxylic acids is 1. The number of ether oxygens (including phenoxy) is 1. The van der Waals surface area contributed by atoms with Crippen LogP contribution in [0, 0.1) is 0 Å². The maximum absolute atomic E-state index is 14.7. The highest BCUT2D eigenvalue weighted by Gasteiger charge is 2.35. The van der Waals surface area contributed by atoms with Crippen LogP contribution in [0.25, 0.3) is 0 Å². The number of fused-ring (bicyclic) bond motifs is 1. The number of likely N-dealkylation sites (N-methyl/N-ethyl adjacent to an activating group) is 1. The largest absolute Gasteiger partial charge is 0.496 e. The van der Waals surface area contributed by atoms with Gasteiger partial charge in [0.25, 0.3) is 0 Å². The summed E-state index contributed by atoms with van der Waals surface area (Å²) >= 11 is 0. The van der Waals surface area contributed by atoms with E-state index in [0.29, 0.717) is 25.1 Å². The van der Waals surface area contributed by atoms with Gasteiger partial charge in [0.1, 0.15) is 11.7 Å². The van der Waals surface area contributed by atoms with Gasteiger partial charge in [-0.3, -0.25) is 9.59 Å². The third kappa shape index (κ3) is 10.0. The van der Waals surface area contributed by atoms with Crippen molar-refractivity contribution < 1.29 is 36.3 Å². The lowest BCUT2D eigenvalue weighted by molar-refractivity contribution is -0.137. The predicted molar refractivity (Wildman–Crippen MR) is 247 cm³/mol. The minimum absolute atomic E-state index is 0.0229. The number of nitrogens with zero attached hydrogens (tertiary/aromatic N) is 5. The molecular formula is C49H57N5O8S2. The number of carbonyl (C=O) groups excluding carboxylic acids is 1. The second-order valence-electron chi connectivity index (χ2n) is 16.3. The molecule has 5 aromatic carbocycles. The topological polar surface area (TPSA) is 148 Å². The van der Waals surface area contributed by atoms with E-state index >= 15 is 0 Å². The molecule has 64 heavy (non-hydrogen) atoms. The van der Waals surface area contributed by atoms with Crippen molar-refractivity contribution >= 4 is 37.6 Å². The fraction of sp³-hybridized carbons (Fsp3) is 0.347. The van der Waals surface area contributed by atoms with E-state index in [1.165, 1.54) is 45.0 Å². The first-order valence-electron chi connectivity index (χ1n) is 21.7. The maximum atomic E-state index is 14.7. The number of benzene rings is 5. The van der Waals surface area contributed by atoms with Crippen molar-refractivity contribution in [2.24, 2.45) is 0 Å². The second-order valence-corrected chi connectivity index (χ2v) is 20.2. The number of aliphatic carboxylic acids is 1. The summed E-state index contributed by atoms with van der Waals surface area (Å²) in [5, 5.41) is 11.0.